The van der Waals surface area contributed by atoms with Crippen molar-refractivity contribution in [3.05, 3.63) is 74.8 Å². The summed E-state index contributed by atoms with van der Waals surface area (Å²) >= 11 is 1.26. The topological polar surface area (TPSA) is 115 Å². The van der Waals surface area contributed by atoms with Crippen LogP contribution in [0.15, 0.2) is 56.8 Å². The molecule has 10 nitrogen and oxygen atoms in total. The molecule has 0 radical (unpaired) electrons. The van der Waals surface area contributed by atoms with E-state index in [1.165, 1.54) is 37.6 Å². The Hall–Kier alpha value is -3.54. The normalized spacial score (nSPS) is 15.7. The van der Waals surface area contributed by atoms with Crippen LogP contribution in [0.2, 0.25) is 0 Å². The van der Waals surface area contributed by atoms with Gasteiger partial charge >= 0.3 is 11.7 Å². The van der Waals surface area contributed by atoms with E-state index in [4.69, 9.17) is 18.6 Å². The van der Waals surface area contributed by atoms with Gasteiger partial charge in [0.1, 0.15) is 28.3 Å². The molecule has 224 valence electrons. The lowest BCUT2D eigenvalue weighted by Crippen LogP contribution is -2.54. The van der Waals surface area contributed by atoms with Crippen molar-refractivity contribution < 1.29 is 23.4 Å². The molecule has 42 heavy (non-hydrogen) atoms. The van der Waals surface area contributed by atoms with Gasteiger partial charge in [0.2, 0.25) is 5.89 Å². The molecule has 1 fully saturated rings. The largest absolute Gasteiger partial charge is 0.458 e. The molecule has 0 bridgehead atoms. The van der Waals surface area contributed by atoms with Gasteiger partial charge in [-0.3, -0.25) is 9.36 Å². The fraction of sp³-hybridized carbons (Fsp3) is 0.484. The summed E-state index contributed by atoms with van der Waals surface area (Å²) in [6, 6.07) is 9.71. The molecule has 5 rings (SSSR count). The first-order chi connectivity index (χ1) is 19.9. The second-order valence-electron chi connectivity index (χ2n) is 12.0. The van der Waals surface area contributed by atoms with Crippen LogP contribution in [0.4, 0.5) is 0 Å². The summed E-state index contributed by atoms with van der Waals surface area (Å²) in [5.74, 6) is -0.331. The van der Waals surface area contributed by atoms with Crippen molar-refractivity contribution in [1.82, 2.24) is 14.1 Å². The maximum atomic E-state index is 14.4. The number of fused-ring (bicyclic) bond motifs is 1. The fourth-order valence-corrected chi connectivity index (χ4v) is 6.38. The molecule has 0 amide bonds. The zero-order chi connectivity index (χ0) is 30.2. The van der Waals surface area contributed by atoms with Gasteiger partial charge in [-0.05, 0) is 65.5 Å². The summed E-state index contributed by atoms with van der Waals surface area (Å²) in [6.45, 7) is 11.4. The summed E-state index contributed by atoms with van der Waals surface area (Å²) in [5, 5.41) is 0.322. The smallest absolute Gasteiger partial charge is 0.333 e. The molecule has 3 aromatic heterocycles. The second kappa shape index (κ2) is 11.6. The summed E-state index contributed by atoms with van der Waals surface area (Å²) in [7, 11) is 0. The van der Waals surface area contributed by atoms with Gasteiger partial charge in [0.05, 0.1) is 29.1 Å². The number of hydrogen-bond donors (Lipinski definition) is 0. The van der Waals surface area contributed by atoms with E-state index in [0.29, 0.717) is 39.8 Å². The van der Waals surface area contributed by atoms with Crippen molar-refractivity contribution in [1.29, 1.82) is 0 Å². The molecule has 1 aliphatic heterocycles. The maximum absolute atomic E-state index is 14.4. The minimum absolute atomic E-state index is 0.0489. The van der Waals surface area contributed by atoms with Crippen LogP contribution in [0, 0.1) is 6.92 Å². The molecule has 1 aromatic carbocycles. The molecular weight excluding hydrogens is 558 g/mol. The zero-order valence-electron chi connectivity index (χ0n) is 24.8. The number of rotatable bonds is 8. The second-order valence-corrected chi connectivity index (χ2v) is 13.0. The zero-order valence-corrected chi connectivity index (χ0v) is 25.7. The number of carbonyl (C=O) groups is 1. The predicted octanol–water partition coefficient (Wildman–Crippen LogP) is 5.20. The Labute approximate surface area is 247 Å². The average Bonchev–Trinajstić information content (AvgIpc) is 3.58. The van der Waals surface area contributed by atoms with Gasteiger partial charge in [-0.15, -0.1) is 11.3 Å². The number of benzene rings is 1. The van der Waals surface area contributed by atoms with Gasteiger partial charge < -0.3 is 18.6 Å². The molecule has 1 saturated heterocycles. The molecule has 1 unspecified atom stereocenters. The number of nitrogens with zero attached hydrogens (tertiary/aromatic N) is 3. The van der Waals surface area contributed by atoms with E-state index in [1.54, 1.807) is 32.3 Å². The first-order valence-corrected chi connectivity index (χ1v) is 14.9. The standard InChI is InChI=1S/C31H37N3O7S/c1-19-23-26(35)34(31(5,6)28(36)41-30(2,3)4)29(37)33(27(23)42-24(19)25-32-14-17-39-25)18-22(20-10-8-7-9-11-20)40-21-12-15-38-16-13-21/h7-11,14,17,21-22H,12-13,15-16,18H2,1-6H3. The van der Waals surface area contributed by atoms with E-state index in [1.807, 2.05) is 30.3 Å². The van der Waals surface area contributed by atoms with Gasteiger partial charge in [0.15, 0.2) is 0 Å². The van der Waals surface area contributed by atoms with E-state index in [9.17, 15) is 14.4 Å². The van der Waals surface area contributed by atoms with Gasteiger partial charge in [0.25, 0.3) is 5.56 Å². The quantitative estimate of drug-likeness (QED) is 0.255. The lowest BCUT2D eigenvalue weighted by Gasteiger charge is -2.31. The van der Waals surface area contributed by atoms with Crippen molar-refractivity contribution in [3.63, 3.8) is 0 Å². The van der Waals surface area contributed by atoms with Gasteiger partial charge in [-0.25, -0.2) is 19.1 Å². The SMILES string of the molecule is Cc1c(-c2ncco2)sc2c1c(=O)n(C(C)(C)C(=O)OC(C)(C)C)c(=O)n2CC(OC1CCOCC1)c1ccccc1. The van der Waals surface area contributed by atoms with Crippen LogP contribution in [-0.4, -0.2) is 45.0 Å². The van der Waals surface area contributed by atoms with Crippen LogP contribution in [0.1, 0.15) is 64.7 Å². The minimum atomic E-state index is -1.60. The molecule has 4 aromatic rings. The first-order valence-electron chi connectivity index (χ1n) is 14.1. The van der Waals surface area contributed by atoms with Crippen LogP contribution in [0.5, 0.6) is 0 Å². The Balaban J connectivity index is 1.73. The van der Waals surface area contributed by atoms with Crippen LogP contribution >= 0.6 is 11.3 Å². The molecular formula is C31H37N3O7S. The number of aromatic nitrogens is 3. The van der Waals surface area contributed by atoms with E-state index in [2.05, 4.69) is 4.98 Å². The molecule has 1 aliphatic rings. The Morgan fingerprint density at radius 3 is 2.43 bits per heavy atom. The van der Waals surface area contributed by atoms with E-state index in [0.717, 1.165) is 23.0 Å². The lowest BCUT2D eigenvalue weighted by atomic mass is 10.0. The van der Waals surface area contributed by atoms with Crippen LogP contribution in [0.3, 0.4) is 0 Å². The third kappa shape index (κ3) is 5.86. The number of thiophene rings is 1. The predicted molar refractivity (Wildman–Crippen MR) is 160 cm³/mol. The number of esters is 1. The highest BCUT2D eigenvalue weighted by atomic mass is 32.1. The third-order valence-electron chi connectivity index (χ3n) is 7.34. The summed E-state index contributed by atoms with van der Waals surface area (Å²) < 4.78 is 25.9. The maximum Gasteiger partial charge on any atom is 0.333 e. The van der Waals surface area contributed by atoms with Gasteiger partial charge in [0, 0.05) is 13.2 Å². The molecule has 4 heterocycles. The Bertz CT molecular complexity index is 1670. The number of aryl methyl sites for hydroxylation is 1. The van der Waals surface area contributed by atoms with Crippen molar-refractivity contribution >= 4 is 27.5 Å². The van der Waals surface area contributed by atoms with Crippen molar-refractivity contribution in [2.45, 2.75) is 84.3 Å². The number of oxazole rings is 1. The Morgan fingerprint density at radius 2 is 1.81 bits per heavy atom. The lowest BCUT2D eigenvalue weighted by molar-refractivity contribution is -0.164. The fourth-order valence-electron chi connectivity index (χ4n) is 5.14. The Morgan fingerprint density at radius 1 is 1.12 bits per heavy atom. The number of hydrogen-bond acceptors (Lipinski definition) is 9. The average molecular weight is 596 g/mol. The number of ether oxygens (including phenoxy) is 3. The summed E-state index contributed by atoms with van der Waals surface area (Å²) in [4.78, 5) is 47.4. The van der Waals surface area contributed by atoms with Crippen LogP contribution in [0.25, 0.3) is 21.0 Å². The molecule has 0 spiro atoms. The molecule has 0 saturated carbocycles. The first kappa shape index (κ1) is 29.9. The highest BCUT2D eigenvalue weighted by molar-refractivity contribution is 7.22. The molecule has 1 atom stereocenters. The van der Waals surface area contributed by atoms with E-state index >= 15 is 0 Å². The highest BCUT2D eigenvalue weighted by Gasteiger charge is 2.39. The third-order valence-corrected chi connectivity index (χ3v) is 8.64. The minimum Gasteiger partial charge on any atom is -0.458 e. The monoisotopic (exact) mass is 595 g/mol. The highest BCUT2D eigenvalue weighted by Crippen LogP contribution is 2.37. The molecule has 11 heteroatoms. The van der Waals surface area contributed by atoms with Gasteiger partial charge in [-0.2, -0.15) is 0 Å². The van der Waals surface area contributed by atoms with Gasteiger partial charge in [-0.1, -0.05) is 30.3 Å². The van der Waals surface area contributed by atoms with E-state index in [-0.39, 0.29) is 12.6 Å². The van der Waals surface area contributed by atoms with Crippen molar-refractivity contribution in [2.24, 2.45) is 0 Å². The molecule has 0 N–H and O–H groups in total. The van der Waals surface area contributed by atoms with Crippen molar-refractivity contribution in [3.8, 4) is 10.8 Å². The van der Waals surface area contributed by atoms with E-state index < -0.39 is 34.5 Å². The van der Waals surface area contributed by atoms with Crippen LogP contribution < -0.4 is 11.2 Å². The van der Waals surface area contributed by atoms with Crippen molar-refractivity contribution in [2.75, 3.05) is 13.2 Å². The summed E-state index contributed by atoms with van der Waals surface area (Å²) in [6.07, 6.45) is 3.92. The Kier molecular flexibility index (Phi) is 8.28. The summed E-state index contributed by atoms with van der Waals surface area (Å²) in [5.41, 5.74) is -2.09. The van der Waals surface area contributed by atoms with Crippen LogP contribution in [-0.2, 0) is 31.1 Å². The molecule has 0 aliphatic carbocycles. The number of carbonyl (C=O) groups excluding carboxylic acids is 1.